The van der Waals surface area contributed by atoms with Gasteiger partial charge in [0.25, 0.3) is 0 Å². The number of fused-ring (bicyclic) bond motifs is 3. The molecule has 24 heavy (non-hydrogen) atoms. The number of aromatic amines is 1. The third kappa shape index (κ3) is 2.38. The van der Waals surface area contributed by atoms with E-state index < -0.39 is 0 Å². The third-order valence-corrected chi connectivity index (χ3v) is 4.75. The predicted octanol–water partition coefficient (Wildman–Crippen LogP) is 2.73. The Morgan fingerprint density at radius 1 is 1.42 bits per heavy atom. The largest absolute Gasteiger partial charge is 0.346 e. The first kappa shape index (κ1) is 14.6. The number of hydrogen-bond acceptors (Lipinski definition) is 4. The SMILES string of the molecule is N#CCCC(=O)N1CCC(c2ccnc3cnc4[nH]ccc4c23)C1. The monoisotopic (exact) mass is 319 g/mol. The molecule has 6 heteroatoms. The maximum atomic E-state index is 12.2. The molecule has 6 nitrogen and oxygen atoms in total. The zero-order valence-electron chi connectivity index (χ0n) is 13.2. The molecule has 1 saturated heterocycles. The van der Waals surface area contributed by atoms with Crippen LogP contribution >= 0.6 is 0 Å². The second-order valence-corrected chi connectivity index (χ2v) is 6.14. The summed E-state index contributed by atoms with van der Waals surface area (Å²) < 4.78 is 0. The van der Waals surface area contributed by atoms with Gasteiger partial charge in [-0.25, -0.2) is 4.98 Å². The van der Waals surface area contributed by atoms with E-state index in [2.05, 4.69) is 21.0 Å². The van der Waals surface area contributed by atoms with Crippen molar-refractivity contribution < 1.29 is 4.79 Å². The Morgan fingerprint density at radius 3 is 3.21 bits per heavy atom. The maximum Gasteiger partial charge on any atom is 0.223 e. The molecular weight excluding hydrogens is 302 g/mol. The number of likely N-dealkylation sites (tertiary alicyclic amines) is 1. The van der Waals surface area contributed by atoms with Crippen LogP contribution in [0.15, 0.2) is 30.7 Å². The Labute approximate surface area is 139 Å². The zero-order chi connectivity index (χ0) is 16.5. The normalized spacial score (nSPS) is 17.5. The molecule has 3 aromatic heterocycles. The number of H-pyrrole nitrogens is 1. The van der Waals surface area contributed by atoms with Gasteiger partial charge in [-0.05, 0) is 24.1 Å². The Balaban J connectivity index is 1.69. The van der Waals surface area contributed by atoms with Crippen molar-refractivity contribution in [2.75, 3.05) is 13.1 Å². The van der Waals surface area contributed by atoms with E-state index in [0.29, 0.717) is 18.9 Å². The summed E-state index contributed by atoms with van der Waals surface area (Å²) in [6, 6.07) is 6.13. The molecular formula is C18H17N5O. The number of amides is 1. The van der Waals surface area contributed by atoms with E-state index in [1.54, 1.807) is 6.20 Å². The molecule has 1 unspecified atom stereocenters. The quantitative estimate of drug-likeness (QED) is 0.804. The molecule has 1 aliphatic heterocycles. The van der Waals surface area contributed by atoms with E-state index in [4.69, 9.17) is 5.26 Å². The second kappa shape index (κ2) is 5.93. The van der Waals surface area contributed by atoms with E-state index in [0.717, 1.165) is 34.9 Å². The number of carbonyl (C=O) groups excluding carboxylic acids is 1. The van der Waals surface area contributed by atoms with Crippen molar-refractivity contribution in [2.45, 2.75) is 25.2 Å². The van der Waals surface area contributed by atoms with Crippen molar-refractivity contribution in [1.29, 1.82) is 5.26 Å². The van der Waals surface area contributed by atoms with Gasteiger partial charge >= 0.3 is 0 Å². The average molecular weight is 319 g/mol. The first-order chi connectivity index (χ1) is 11.8. The Hall–Kier alpha value is -2.94. The van der Waals surface area contributed by atoms with Crippen molar-refractivity contribution >= 4 is 27.8 Å². The van der Waals surface area contributed by atoms with Crippen LogP contribution in [0, 0.1) is 11.3 Å². The van der Waals surface area contributed by atoms with Crippen LogP contribution in [0.1, 0.15) is 30.7 Å². The van der Waals surface area contributed by atoms with Gasteiger partial charge < -0.3 is 9.88 Å². The van der Waals surface area contributed by atoms with Gasteiger partial charge in [0, 0.05) is 55.0 Å². The fraction of sp³-hybridized carbons (Fsp3) is 0.333. The van der Waals surface area contributed by atoms with E-state index in [9.17, 15) is 4.79 Å². The van der Waals surface area contributed by atoms with Crippen molar-refractivity contribution in [3.05, 3.63) is 36.3 Å². The lowest BCUT2D eigenvalue weighted by Gasteiger charge is -2.17. The van der Waals surface area contributed by atoms with Crippen LogP contribution in [-0.4, -0.2) is 38.8 Å². The first-order valence-corrected chi connectivity index (χ1v) is 8.13. The van der Waals surface area contributed by atoms with Gasteiger partial charge in [-0.1, -0.05) is 0 Å². The molecule has 1 aliphatic rings. The average Bonchev–Trinajstić information content (AvgIpc) is 3.28. The van der Waals surface area contributed by atoms with Crippen LogP contribution in [-0.2, 0) is 4.79 Å². The number of rotatable bonds is 3. The van der Waals surface area contributed by atoms with Crippen LogP contribution in [0.2, 0.25) is 0 Å². The Kier molecular flexibility index (Phi) is 3.62. The number of nitrogens with zero attached hydrogens (tertiary/aromatic N) is 4. The van der Waals surface area contributed by atoms with Gasteiger partial charge in [-0.15, -0.1) is 0 Å². The second-order valence-electron chi connectivity index (χ2n) is 6.14. The highest BCUT2D eigenvalue weighted by molar-refractivity contribution is 6.05. The molecule has 120 valence electrons. The molecule has 1 fully saturated rings. The third-order valence-electron chi connectivity index (χ3n) is 4.75. The summed E-state index contributed by atoms with van der Waals surface area (Å²) in [7, 11) is 0. The molecule has 4 heterocycles. The summed E-state index contributed by atoms with van der Waals surface area (Å²) in [5.74, 6) is 0.368. The standard InChI is InChI=1S/C18H17N5O/c19-6-1-2-16(24)23-9-5-12(11-23)13-3-7-20-15-10-22-18-14(17(13)15)4-8-21-18/h3-4,7-8,10,12H,1-2,5,9,11H2,(H,21,22). The van der Waals surface area contributed by atoms with Gasteiger partial charge in [0.1, 0.15) is 5.65 Å². The van der Waals surface area contributed by atoms with Gasteiger partial charge in [0.05, 0.1) is 17.8 Å². The summed E-state index contributed by atoms with van der Waals surface area (Å²) in [6.45, 7) is 1.46. The number of aromatic nitrogens is 3. The van der Waals surface area contributed by atoms with Crippen molar-refractivity contribution in [3.8, 4) is 6.07 Å². The summed E-state index contributed by atoms with van der Waals surface area (Å²) >= 11 is 0. The number of carbonyl (C=O) groups is 1. The van der Waals surface area contributed by atoms with E-state index in [-0.39, 0.29) is 12.3 Å². The molecule has 0 spiro atoms. The molecule has 1 N–H and O–H groups in total. The van der Waals surface area contributed by atoms with E-state index in [1.807, 2.05) is 29.4 Å². The van der Waals surface area contributed by atoms with Crippen LogP contribution in [0.5, 0.6) is 0 Å². The molecule has 0 aliphatic carbocycles. The summed E-state index contributed by atoms with van der Waals surface area (Å²) in [4.78, 5) is 26.0. The van der Waals surface area contributed by atoms with Crippen LogP contribution in [0.3, 0.4) is 0 Å². The number of nitrogens with one attached hydrogen (secondary N) is 1. The predicted molar refractivity (Wildman–Crippen MR) is 90.2 cm³/mol. The molecule has 1 atom stereocenters. The summed E-state index contributed by atoms with van der Waals surface area (Å²) in [6.07, 6.45) is 7.03. The van der Waals surface area contributed by atoms with Gasteiger partial charge in [-0.2, -0.15) is 5.26 Å². The van der Waals surface area contributed by atoms with Gasteiger partial charge in [-0.3, -0.25) is 9.78 Å². The molecule has 3 aromatic rings. The number of pyridine rings is 2. The lowest BCUT2D eigenvalue weighted by molar-refractivity contribution is -0.130. The van der Waals surface area contributed by atoms with Crippen molar-refractivity contribution in [2.24, 2.45) is 0 Å². The zero-order valence-corrected chi connectivity index (χ0v) is 13.2. The highest BCUT2D eigenvalue weighted by Gasteiger charge is 2.28. The minimum Gasteiger partial charge on any atom is -0.346 e. The molecule has 0 saturated carbocycles. The first-order valence-electron chi connectivity index (χ1n) is 8.13. The molecule has 0 aromatic carbocycles. The minimum atomic E-state index is 0.0749. The maximum absolute atomic E-state index is 12.2. The Bertz CT molecular complexity index is 955. The van der Waals surface area contributed by atoms with Crippen LogP contribution in [0.25, 0.3) is 21.9 Å². The van der Waals surface area contributed by atoms with Crippen molar-refractivity contribution in [3.63, 3.8) is 0 Å². The van der Waals surface area contributed by atoms with Gasteiger partial charge in [0.15, 0.2) is 0 Å². The van der Waals surface area contributed by atoms with Crippen LogP contribution in [0.4, 0.5) is 0 Å². The van der Waals surface area contributed by atoms with Crippen molar-refractivity contribution in [1.82, 2.24) is 19.9 Å². The number of nitriles is 1. The lowest BCUT2D eigenvalue weighted by Crippen LogP contribution is -2.28. The highest BCUT2D eigenvalue weighted by Crippen LogP contribution is 2.34. The fourth-order valence-electron chi connectivity index (χ4n) is 3.58. The lowest BCUT2D eigenvalue weighted by atomic mass is 9.94. The smallest absolute Gasteiger partial charge is 0.223 e. The van der Waals surface area contributed by atoms with Crippen LogP contribution < -0.4 is 0 Å². The fourth-order valence-corrected chi connectivity index (χ4v) is 3.58. The topological polar surface area (TPSA) is 85.7 Å². The highest BCUT2D eigenvalue weighted by atomic mass is 16.2. The molecule has 0 radical (unpaired) electrons. The molecule has 1 amide bonds. The summed E-state index contributed by atoms with van der Waals surface area (Å²) in [5.41, 5.74) is 2.97. The molecule has 4 rings (SSSR count). The van der Waals surface area contributed by atoms with E-state index >= 15 is 0 Å². The van der Waals surface area contributed by atoms with Gasteiger partial charge in [0.2, 0.25) is 5.91 Å². The Morgan fingerprint density at radius 2 is 2.33 bits per heavy atom. The molecule has 0 bridgehead atoms. The summed E-state index contributed by atoms with van der Waals surface area (Å²) in [5, 5.41) is 10.8. The van der Waals surface area contributed by atoms with E-state index in [1.165, 1.54) is 5.56 Å². The number of hydrogen-bond donors (Lipinski definition) is 1. The minimum absolute atomic E-state index is 0.0749.